The molecular weight excluding hydrogens is 421 g/mol. The number of rotatable bonds is 6. The molecule has 2 N–H and O–H groups in total. The van der Waals surface area contributed by atoms with Crippen LogP contribution in [0.3, 0.4) is 0 Å². The van der Waals surface area contributed by atoms with E-state index >= 15 is 0 Å². The number of nitrogens with one attached hydrogen (secondary N) is 2. The van der Waals surface area contributed by atoms with Crippen molar-refractivity contribution in [1.82, 2.24) is 4.72 Å². The SMILES string of the molecule is CC1CN(c2ccc(NC(=O)[C@H]3CC[C@H](NS(=O)(=O)C(C)C)CC3)cc2)C(F)[C@@H](C)O1. The Hall–Kier alpha value is -1.71. The molecule has 3 rings (SSSR count). The highest BCUT2D eigenvalue weighted by atomic mass is 32.2. The molecule has 31 heavy (non-hydrogen) atoms. The first-order valence-corrected chi connectivity index (χ1v) is 12.6. The maximum Gasteiger partial charge on any atom is 0.227 e. The number of alkyl halides is 1. The highest BCUT2D eigenvalue weighted by Gasteiger charge is 2.33. The van der Waals surface area contributed by atoms with E-state index in [9.17, 15) is 17.6 Å². The largest absolute Gasteiger partial charge is 0.369 e. The number of hydrogen-bond donors (Lipinski definition) is 2. The number of sulfonamides is 1. The quantitative estimate of drug-likeness (QED) is 0.642. The third kappa shape index (κ3) is 5.96. The molecule has 9 heteroatoms. The lowest BCUT2D eigenvalue weighted by molar-refractivity contribution is -0.120. The van der Waals surface area contributed by atoms with Crippen molar-refractivity contribution in [3.8, 4) is 0 Å². The standard InChI is InChI=1S/C22H34FN3O4S/c1-14(2)31(28,29)25-19-7-5-17(6-8-19)22(27)24-18-9-11-20(12-10-18)26-13-15(3)30-16(4)21(26)23/h9-12,14-17,19,21,25H,5-8,13H2,1-4H3,(H,24,27)/t15?,16-,17-,19-,21?/m1/s1. The molecule has 174 valence electrons. The molecule has 1 aliphatic heterocycles. The van der Waals surface area contributed by atoms with E-state index in [1.54, 1.807) is 37.8 Å². The van der Waals surface area contributed by atoms with Crippen LogP contribution in [-0.4, -0.2) is 50.7 Å². The average Bonchev–Trinajstić information content (AvgIpc) is 2.71. The molecule has 7 nitrogen and oxygen atoms in total. The zero-order valence-electron chi connectivity index (χ0n) is 18.7. The summed E-state index contributed by atoms with van der Waals surface area (Å²) < 4.78 is 46.9. The van der Waals surface area contributed by atoms with E-state index in [1.807, 2.05) is 19.1 Å². The minimum atomic E-state index is -3.30. The van der Waals surface area contributed by atoms with Gasteiger partial charge in [0.1, 0.15) is 6.10 Å². The van der Waals surface area contributed by atoms with E-state index < -0.39 is 27.7 Å². The van der Waals surface area contributed by atoms with E-state index in [-0.39, 0.29) is 24.0 Å². The summed E-state index contributed by atoms with van der Waals surface area (Å²) in [5, 5.41) is 2.47. The lowest BCUT2D eigenvalue weighted by atomic mass is 9.86. The van der Waals surface area contributed by atoms with Crippen LogP contribution in [0.4, 0.5) is 15.8 Å². The Balaban J connectivity index is 1.52. The second-order valence-electron chi connectivity index (χ2n) is 8.97. The molecule has 1 aromatic rings. The van der Waals surface area contributed by atoms with Crippen LogP contribution in [0, 0.1) is 5.92 Å². The average molecular weight is 456 g/mol. The van der Waals surface area contributed by atoms with Crippen molar-refractivity contribution < 1.29 is 22.3 Å². The first-order chi connectivity index (χ1) is 14.6. The fraction of sp³-hybridized carbons (Fsp3) is 0.682. The molecular formula is C22H34FN3O4S. The van der Waals surface area contributed by atoms with E-state index in [0.717, 1.165) is 5.69 Å². The molecule has 0 spiro atoms. The summed E-state index contributed by atoms with van der Waals surface area (Å²) in [6.07, 6.45) is 0.817. The number of benzene rings is 1. The van der Waals surface area contributed by atoms with E-state index in [1.165, 1.54) is 0 Å². The minimum absolute atomic E-state index is 0.0541. The normalized spacial score (nSPS) is 29.7. The van der Waals surface area contributed by atoms with Crippen molar-refractivity contribution in [1.29, 1.82) is 0 Å². The lowest BCUT2D eigenvalue weighted by Gasteiger charge is -2.39. The van der Waals surface area contributed by atoms with Gasteiger partial charge in [-0.15, -0.1) is 0 Å². The zero-order valence-corrected chi connectivity index (χ0v) is 19.5. The van der Waals surface area contributed by atoms with Gasteiger partial charge in [-0.3, -0.25) is 4.79 Å². The second kappa shape index (κ2) is 9.83. The van der Waals surface area contributed by atoms with Gasteiger partial charge in [-0.2, -0.15) is 0 Å². The number of hydrogen-bond acceptors (Lipinski definition) is 5. The van der Waals surface area contributed by atoms with E-state index in [4.69, 9.17) is 4.74 Å². The Labute approximate surface area is 184 Å². The molecule has 1 heterocycles. The Kier molecular flexibility index (Phi) is 7.59. The Morgan fingerprint density at radius 2 is 1.74 bits per heavy atom. The summed E-state index contributed by atoms with van der Waals surface area (Å²) in [6, 6.07) is 7.08. The number of anilines is 2. The molecule has 2 unspecified atom stereocenters. The fourth-order valence-corrected chi connectivity index (χ4v) is 5.15. The van der Waals surface area contributed by atoms with Gasteiger partial charge >= 0.3 is 0 Å². The molecule has 1 aromatic carbocycles. The number of amides is 1. The monoisotopic (exact) mass is 455 g/mol. The summed E-state index contributed by atoms with van der Waals surface area (Å²) >= 11 is 0. The highest BCUT2D eigenvalue weighted by Crippen LogP contribution is 2.29. The van der Waals surface area contributed by atoms with Crippen LogP contribution in [0.25, 0.3) is 0 Å². The first kappa shape index (κ1) is 23.9. The summed E-state index contributed by atoms with van der Waals surface area (Å²) in [5.41, 5.74) is 1.42. The van der Waals surface area contributed by atoms with Crippen molar-refractivity contribution in [2.45, 2.75) is 83.2 Å². The minimum Gasteiger partial charge on any atom is -0.369 e. The van der Waals surface area contributed by atoms with Gasteiger partial charge in [0, 0.05) is 29.9 Å². The Morgan fingerprint density at radius 3 is 2.32 bits per heavy atom. The predicted octanol–water partition coefficient (Wildman–Crippen LogP) is 3.42. The summed E-state index contributed by atoms with van der Waals surface area (Å²) in [6.45, 7) is 7.43. The zero-order chi connectivity index (χ0) is 22.8. The number of carbonyl (C=O) groups excluding carboxylic acids is 1. The summed E-state index contributed by atoms with van der Waals surface area (Å²) in [4.78, 5) is 14.3. The molecule has 0 radical (unpaired) electrons. The van der Waals surface area contributed by atoms with Gasteiger partial charge in [0.15, 0.2) is 6.30 Å². The maximum atomic E-state index is 14.5. The van der Waals surface area contributed by atoms with Crippen LogP contribution in [0.1, 0.15) is 53.4 Å². The molecule has 1 amide bonds. The maximum absolute atomic E-state index is 14.5. The van der Waals surface area contributed by atoms with Gasteiger partial charge in [0.05, 0.1) is 11.4 Å². The molecule has 0 aromatic heterocycles. The van der Waals surface area contributed by atoms with Gasteiger partial charge in [-0.1, -0.05) is 0 Å². The molecule has 2 aliphatic rings. The van der Waals surface area contributed by atoms with Crippen molar-refractivity contribution in [3.05, 3.63) is 24.3 Å². The first-order valence-electron chi connectivity index (χ1n) is 11.0. The Morgan fingerprint density at radius 1 is 1.13 bits per heavy atom. The van der Waals surface area contributed by atoms with Crippen molar-refractivity contribution in [2.75, 3.05) is 16.8 Å². The Bertz CT molecular complexity index is 854. The number of morpholine rings is 1. The number of halogens is 1. The van der Waals surface area contributed by atoms with Crippen molar-refractivity contribution in [3.63, 3.8) is 0 Å². The summed E-state index contributed by atoms with van der Waals surface area (Å²) in [5.74, 6) is -0.203. The topological polar surface area (TPSA) is 87.7 Å². The van der Waals surface area contributed by atoms with E-state index in [2.05, 4.69) is 10.0 Å². The van der Waals surface area contributed by atoms with Crippen LogP contribution in [0.15, 0.2) is 24.3 Å². The number of nitrogens with zero attached hydrogens (tertiary/aromatic N) is 1. The van der Waals surface area contributed by atoms with Gasteiger partial charge in [-0.05, 0) is 77.6 Å². The second-order valence-corrected chi connectivity index (χ2v) is 11.2. The molecule has 1 aliphatic carbocycles. The number of ether oxygens (including phenoxy) is 1. The van der Waals surface area contributed by atoms with E-state index in [0.29, 0.717) is 37.9 Å². The molecule has 1 saturated heterocycles. The summed E-state index contributed by atoms with van der Waals surface area (Å²) in [7, 11) is -3.30. The van der Waals surface area contributed by atoms with Crippen LogP contribution in [-0.2, 0) is 19.6 Å². The molecule has 0 bridgehead atoms. The van der Waals surface area contributed by atoms with Gasteiger partial charge in [0.25, 0.3) is 0 Å². The van der Waals surface area contributed by atoms with Crippen molar-refractivity contribution >= 4 is 27.3 Å². The fourth-order valence-electron chi connectivity index (χ4n) is 4.18. The van der Waals surface area contributed by atoms with Crippen LogP contribution in [0.2, 0.25) is 0 Å². The number of carbonyl (C=O) groups is 1. The van der Waals surface area contributed by atoms with Crippen LogP contribution < -0.4 is 14.9 Å². The van der Waals surface area contributed by atoms with Gasteiger partial charge in [0.2, 0.25) is 15.9 Å². The third-order valence-corrected chi connectivity index (χ3v) is 8.00. The smallest absolute Gasteiger partial charge is 0.227 e. The molecule has 3 atom stereocenters. The van der Waals surface area contributed by atoms with Crippen molar-refractivity contribution in [2.24, 2.45) is 5.92 Å². The van der Waals surface area contributed by atoms with Gasteiger partial charge in [-0.25, -0.2) is 17.5 Å². The van der Waals surface area contributed by atoms with Gasteiger partial charge < -0.3 is 15.0 Å². The predicted molar refractivity (Wildman–Crippen MR) is 120 cm³/mol. The van der Waals surface area contributed by atoms with Crippen LogP contribution >= 0.6 is 0 Å². The lowest BCUT2D eigenvalue weighted by Crippen LogP contribution is -2.51. The molecule has 2 fully saturated rings. The third-order valence-electron chi connectivity index (χ3n) is 6.10. The molecule has 1 saturated carbocycles. The van der Waals surface area contributed by atoms with Crippen LogP contribution in [0.5, 0.6) is 0 Å². The highest BCUT2D eigenvalue weighted by molar-refractivity contribution is 7.90.